The summed E-state index contributed by atoms with van der Waals surface area (Å²) >= 11 is 0. The van der Waals surface area contributed by atoms with Crippen molar-refractivity contribution in [1.82, 2.24) is 4.98 Å². The van der Waals surface area contributed by atoms with Crippen LogP contribution < -0.4 is 0 Å². The summed E-state index contributed by atoms with van der Waals surface area (Å²) in [6.45, 7) is 1.80. The van der Waals surface area contributed by atoms with Crippen molar-refractivity contribution in [2.24, 2.45) is 0 Å². The first-order valence-electron chi connectivity index (χ1n) is 5.88. The van der Waals surface area contributed by atoms with E-state index in [0.29, 0.717) is 6.42 Å². The predicted octanol–water partition coefficient (Wildman–Crippen LogP) is 0.861. The van der Waals surface area contributed by atoms with Gasteiger partial charge in [0.15, 0.2) is 0 Å². The average Bonchev–Trinajstić information content (AvgIpc) is 2.41. The fourth-order valence-corrected chi connectivity index (χ4v) is 1.96. The quantitative estimate of drug-likeness (QED) is 0.621. The summed E-state index contributed by atoms with van der Waals surface area (Å²) in [5.41, 5.74) is 0.0385. The maximum absolute atomic E-state index is 10.9. The van der Waals surface area contributed by atoms with E-state index in [0.717, 1.165) is 6.20 Å². The molecule has 0 bridgehead atoms. The molecule has 0 radical (unpaired) electrons. The van der Waals surface area contributed by atoms with Gasteiger partial charge in [-0.3, -0.25) is 15.1 Å². The second-order valence-corrected chi connectivity index (χ2v) is 4.23. The topological polar surface area (TPSA) is 106 Å². The van der Waals surface area contributed by atoms with Gasteiger partial charge in [-0.15, -0.1) is 0 Å². The van der Waals surface area contributed by atoms with Gasteiger partial charge in [-0.25, -0.2) is 0 Å². The molecule has 2 rings (SSSR count). The fraction of sp³-hybridized carbons (Fsp3) is 0.417. The van der Waals surface area contributed by atoms with E-state index in [2.05, 4.69) is 4.98 Å². The summed E-state index contributed by atoms with van der Waals surface area (Å²) in [5, 5.41) is 30.4. The van der Waals surface area contributed by atoms with Crippen LogP contribution >= 0.6 is 0 Å². The highest BCUT2D eigenvalue weighted by molar-refractivity contribution is 5.68. The Balaban J connectivity index is 2.42. The van der Waals surface area contributed by atoms with E-state index in [9.17, 15) is 20.3 Å². The van der Waals surface area contributed by atoms with Crippen LogP contribution in [0.25, 0.3) is 5.76 Å². The highest BCUT2D eigenvalue weighted by Crippen LogP contribution is 2.31. The van der Waals surface area contributed by atoms with Gasteiger partial charge in [0.05, 0.1) is 10.5 Å². The highest BCUT2D eigenvalue weighted by Gasteiger charge is 2.33. The van der Waals surface area contributed by atoms with Crippen LogP contribution in [-0.4, -0.2) is 38.4 Å². The molecular formula is C12H14N2O5. The van der Waals surface area contributed by atoms with Crippen LogP contribution in [0.1, 0.15) is 18.9 Å². The van der Waals surface area contributed by atoms with Crippen LogP contribution in [-0.2, 0) is 4.74 Å². The summed E-state index contributed by atoms with van der Waals surface area (Å²) < 4.78 is 5.51. The molecule has 0 saturated heterocycles. The molecule has 2 N–H and O–H groups in total. The van der Waals surface area contributed by atoms with E-state index in [-0.39, 0.29) is 17.0 Å². The molecule has 102 valence electrons. The van der Waals surface area contributed by atoms with Crippen LogP contribution in [0, 0.1) is 10.1 Å². The lowest BCUT2D eigenvalue weighted by atomic mass is 10.00. The maximum atomic E-state index is 10.9. The summed E-state index contributed by atoms with van der Waals surface area (Å²) in [4.78, 5) is 14.1. The first-order chi connectivity index (χ1) is 9.04. The predicted molar refractivity (Wildman–Crippen MR) is 66.0 cm³/mol. The second kappa shape index (κ2) is 5.33. The number of nitrogens with zero attached hydrogens (tertiary/aromatic N) is 2. The lowest BCUT2D eigenvalue weighted by molar-refractivity contribution is -0.385. The first-order valence-corrected chi connectivity index (χ1v) is 5.88. The average molecular weight is 266 g/mol. The van der Waals surface area contributed by atoms with Crippen LogP contribution in [0.15, 0.2) is 24.5 Å². The Hall–Kier alpha value is -1.99. The van der Waals surface area contributed by atoms with Crippen molar-refractivity contribution < 1.29 is 19.9 Å². The van der Waals surface area contributed by atoms with Gasteiger partial charge < -0.3 is 14.9 Å². The molecule has 7 heteroatoms. The number of aromatic nitrogens is 1. The number of pyridine rings is 1. The van der Waals surface area contributed by atoms with Gasteiger partial charge in [-0.2, -0.15) is 0 Å². The number of ether oxygens (including phenoxy) is 1. The molecule has 0 unspecified atom stereocenters. The number of aliphatic hydroxyl groups is 2. The van der Waals surface area contributed by atoms with Gasteiger partial charge >= 0.3 is 0 Å². The third kappa shape index (κ3) is 2.56. The van der Waals surface area contributed by atoms with Crippen molar-refractivity contribution in [3.8, 4) is 0 Å². The van der Waals surface area contributed by atoms with Crippen molar-refractivity contribution in [1.29, 1.82) is 0 Å². The first kappa shape index (κ1) is 13.4. The van der Waals surface area contributed by atoms with Gasteiger partial charge in [0.1, 0.15) is 30.3 Å². The van der Waals surface area contributed by atoms with Crippen LogP contribution in [0.4, 0.5) is 5.69 Å². The van der Waals surface area contributed by atoms with Gasteiger partial charge in [0, 0.05) is 6.20 Å². The highest BCUT2D eigenvalue weighted by atomic mass is 16.6. The minimum atomic E-state index is -1.11. The number of aliphatic hydroxyl groups excluding tert-OH is 2. The molecule has 0 fully saturated rings. The summed E-state index contributed by atoms with van der Waals surface area (Å²) in [6, 6.07) is 1.45. The van der Waals surface area contributed by atoms with Crippen molar-refractivity contribution in [3.05, 3.63) is 40.2 Å². The maximum Gasteiger partial charge on any atom is 0.298 e. The molecule has 1 aliphatic heterocycles. The van der Waals surface area contributed by atoms with E-state index < -0.39 is 23.2 Å². The molecule has 1 aromatic heterocycles. The van der Waals surface area contributed by atoms with E-state index in [1.807, 2.05) is 0 Å². The van der Waals surface area contributed by atoms with Crippen LogP contribution in [0.5, 0.6) is 0 Å². The zero-order valence-corrected chi connectivity index (χ0v) is 10.3. The van der Waals surface area contributed by atoms with Crippen molar-refractivity contribution in [2.45, 2.75) is 31.7 Å². The normalized spacial score (nSPS) is 26.5. The van der Waals surface area contributed by atoms with E-state index in [1.165, 1.54) is 18.3 Å². The Morgan fingerprint density at radius 3 is 2.89 bits per heavy atom. The molecule has 1 aromatic rings. The van der Waals surface area contributed by atoms with Crippen molar-refractivity contribution in [3.63, 3.8) is 0 Å². The van der Waals surface area contributed by atoms with Gasteiger partial charge in [-0.05, 0) is 18.6 Å². The largest absolute Gasteiger partial charge is 0.487 e. The smallest absolute Gasteiger partial charge is 0.298 e. The lowest BCUT2D eigenvalue weighted by Crippen LogP contribution is -2.40. The molecule has 0 saturated carbocycles. The monoisotopic (exact) mass is 266 g/mol. The Bertz CT molecular complexity index is 517. The molecule has 3 atom stereocenters. The minimum absolute atomic E-state index is 0.193. The molecule has 0 amide bonds. The summed E-state index contributed by atoms with van der Waals surface area (Å²) in [5.74, 6) is 0.193. The molecule has 0 aliphatic carbocycles. The standard InChI is InChI=1S/C12H14N2O5/c1-2-10-12(16)9(15)5-11(19-10)7-3-4-13-6-8(7)14(17)18/h3-6,9-10,12,15-16H,2H2,1H3/t9-,10-,12+/m1/s1. The van der Waals surface area contributed by atoms with E-state index in [4.69, 9.17) is 4.74 Å². The zero-order valence-electron chi connectivity index (χ0n) is 10.3. The van der Waals surface area contributed by atoms with Crippen LogP contribution in [0.3, 0.4) is 0 Å². The molecule has 19 heavy (non-hydrogen) atoms. The molecule has 0 aromatic carbocycles. The van der Waals surface area contributed by atoms with E-state index in [1.54, 1.807) is 6.92 Å². The minimum Gasteiger partial charge on any atom is -0.487 e. The third-order valence-electron chi connectivity index (χ3n) is 3.00. The number of rotatable bonds is 3. The molecule has 7 nitrogen and oxygen atoms in total. The van der Waals surface area contributed by atoms with Crippen molar-refractivity contribution in [2.75, 3.05) is 0 Å². The van der Waals surface area contributed by atoms with Crippen LogP contribution in [0.2, 0.25) is 0 Å². The Labute approximate surface area is 109 Å². The third-order valence-corrected chi connectivity index (χ3v) is 3.00. The Morgan fingerprint density at radius 1 is 1.53 bits per heavy atom. The number of nitro groups is 1. The second-order valence-electron chi connectivity index (χ2n) is 4.23. The molecule has 1 aliphatic rings. The van der Waals surface area contributed by atoms with Gasteiger partial charge in [0.2, 0.25) is 0 Å². The number of hydrogen-bond donors (Lipinski definition) is 2. The number of hydrogen-bond acceptors (Lipinski definition) is 6. The SMILES string of the molecule is CC[C@H]1OC(c2ccncc2[N+](=O)[O-])=C[C@@H](O)[C@@H]1O. The molecule has 0 spiro atoms. The van der Waals surface area contributed by atoms with Crippen molar-refractivity contribution >= 4 is 11.4 Å². The summed E-state index contributed by atoms with van der Waals surface area (Å²) in [7, 11) is 0. The molecule has 2 heterocycles. The molecular weight excluding hydrogens is 252 g/mol. The van der Waals surface area contributed by atoms with E-state index >= 15 is 0 Å². The fourth-order valence-electron chi connectivity index (χ4n) is 1.96. The van der Waals surface area contributed by atoms with Gasteiger partial charge in [0.25, 0.3) is 5.69 Å². The lowest BCUT2D eigenvalue weighted by Gasteiger charge is -2.31. The Kier molecular flexibility index (Phi) is 3.77. The summed E-state index contributed by atoms with van der Waals surface area (Å²) in [6.07, 6.45) is 1.55. The zero-order chi connectivity index (χ0) is 14.0. The van der Waals surface area contributed by atoms with Gasteiger partial charge in [-0.1, -0.05) is 6.92 Å². The Morgan fingerprint density at radius 2 is 2.26 bits per heavy atom.